The molecule has 0 spiro atoms. The standard InChI is InChI=1S/C17H13F3N2/c18-17(19,20)15-8-4-5-13(11-15)12-22-10-9-16(21-22)14-6-2-1-3-7-14/h1-11H,12H2. The summed E-state index contributed by atoms with van der Waals surface area (Å²) >= 11 is 0. The van der Waals surface area contributed by atoms with Gasteiger partial charge in [-0.2, -0.15) is 18.3 Å². The van der Waals surface area contributed by atoms with Gasteiger partial charge in [-0.25, -0.2) is 0 Å². The molecule has 0 aliphatic rings. The molecular formula is C17H13F3N2. The highest BCUT2D eigenvalue weighted by Gasteiger charge is 2.30. The Morgan fingerprint density at radius 3 is 2.41 bits per heavy atom. The third-order valence-corrected chi connectivity index (χ3v) is 3.31. The van der Waals surface area contributed by atoms with E-state index in [-0.39, 0.29) is 0 Å². The van der Waals surface area contributed by atoms with Crippen LogP contribution in [0.1, 0.15) is 11.1 Å². The van der Waals surface area contributed by atoms with Crippen LogP contribution >= 0.6 is 0 Å². The number of aromatic nitrogens is 2. The lowest BCUT2D eigenvalue weighted by molar-refractivity contribution is -0.137. The molecule has 0 saturated heterocycles. The summed E-state index contributed by atoms with van der Waals surface area (Å²) in [6.07, 6.45) is -2.56. The SMILES string of the molecule is FC(F)(F)c1cccc(Cn2ccc(-c3ccccc3)n2)c1. The number of benzene rings is 2. The molecule has 3 rings (SSSR count). The summed E-state index contributed by atoms with van der Waals surface area (Å²) in [4.78, 5) is 0. The van der Waals surface area contributed by atoms with Crippen molar-refractivity contribution in [3.05, 3.63) is 78.0 Å². The first-order chi connectivity index (χ1) is 10.5. The average Bonchev–Trinajstić information content (AvgIpc) is 2.96. The van der Waals surface area contributed by atoms with Crippen LogP contribution in [0.5, 0.6) is 0 Å². The molecule has 0 radical (unpaired) electrons. The van der Waals surface area contributed by atoms with E-state index in [1.165, 1.54) is 6.07 Å². The monoisotopic (exact) mass is 302 g/mol. The van der Waals surface area contributed by atoms with Crippen LogP contribution in [0, 0.1) is 0 Å². The fourth-order valence-electron chi connectivity index (χ4n) is 2.25. The number of rotatable bonds is 3. The zero-order chi connectivity index (χ0) is 15.6. The zero-order valence-corrected chi connectivity index (χ0v) is 11.6. The Kier molecular flexibility index (Phi) is 3.71. The molecule has 0 saturated carbocycles. The second-order valence-electron chi connectivity index (χ2n) is 4.96. The van der Waals surface area contributed by atoms with Crippen LogP contribution in [-0.2, 0) is 12.7 Å². The summed E-state index contributed by atoms with van der Waals surface area (Å²) in [5, 5.41) is 4.40. The third-order valence-electron chi connectivity index (χ3n) is 3.31. The van der Waals surface area contributed by atoms with Gasteiger partial charge in [-0.1, -0.05) is 42.5 Å². The first-order valence-corrected chi connectivity index (χ1v) is 6.77. The molecule has 1 heterocycles. The molecule has 1 aromatic heterocycles. The lowest BCUT2D eigenvalue weighted by atomic mass is 10.1. The maximum Gasteiger partial charge on any atom is 0.416 e. The fourth-order valence-corrected chi connectivity index (χ4v) is 2.25. The van der Waals surface area contributed by atoms with Gasteiger partial charge < -0.3 is 0 Å². The Morgan fingerprint density at radius 2 is 1.68 bits per heavy atom. The summed E-state index contributed by atoms with van der Waals surface area (Å²) in [7, 11) is 0. The molecule has 0 aliphatic heterocycles. The number of hydrogen-bond acceptors (Lipinski definition) is 1. The molecule has 5 heteroatoms. The summed E-state index contributed by atoms with van der Waals surface area (Å²) < 4.78 is 39.8. The van der Waals surface area contributed by atoms with Gasteiger partial charge in [0.15, 0.2) is 0 Å². The van der Waals surface area contributed by atoms with Crippen molar-refractivity contribution < 1.29 is 13.2 Å². The van der Waals surface area contributed by atoms with Gasteiger partial charge in [0.2, 0.25) is 0 Å². The zero-order valence-electron chi connectivity index (χ0n) is 11.6. The number of hydrogen-bond donors (Lipinski definition) is 0. The van der Waals surface area contributed by atoms with E-state index in [1.807, 2.05) is 36.4 Å². The van der Waals surface area contributed by atoms with Gasteiger partial charge in [0.25, 0.3) is 0 Å². The maximum atomic E-state index is 12.7. The van der Waals surface area contributed by atoms with Crippen LogP contribution in [0.25, 0.3) is 11.3 Å². The predicted molar refractivity (Wildman–Crippen MR) is 78.2 cm³/mol. The molecule has 2 aromatic carbocycles. The summed E-state index contributed by atoms with van der Waals surface area (Å²) in [5.41, 5.74) is 1.70. The third kappa shape index (κ3) is 3.19. The number of halogens is 3. The van der Waals surface area contributed by atoms with Gasteiger partial charge in [-0.3, -0.25) is 4.68 Å². The molecule has 3 aromatic rings. The molecular weight excluding hydrogens is 289 g/mol. The summed E-state index contributed by atoms with van der Waals surface area (Å²) in [5.74, 6) is 0. The molecule has 0 bridgehead atoms. The van der Waals surface area contributed by atoms with Crippen molar-refractivity contribution in [2.24, 2.45) is 0 Å². The molecule has 112 valence electrons. The minimum absolute atomic E-state index is 0.302. The van der Waals surface area contributed by atoms with Crippen LogP contribution in [-0.4, -0.2) is 9.78 Å². The van der Waals surface area contributed by atoms with Crippen LogP contribution in [0.15, 0.2) is 66.9 Å². The Labute approximate surface area is 125 Å². The highest BCUT2D eigenvalue weighted by Crippen LogP contribution is 2.29. The van der Waals surface area contributed by atoms with Gasteiger partial charge in [-0.15, -0.1) is 0 Å². The molecule has 0 aliphatic carbocycles. The second kappa shape index (κ2) is 5.67. The number of alkyl halides is 3. The largest absolute Gasteiger partial charge is 0.416 e. The van der Waals surface area contributed by atoms with Crippen LogP contribution < -0.4 is 0 Å². The van der Waals surface area contributed by atoms with E-state index >= 15 is 0 Å². The number of nitrogens with zero attached hydrogens (tertiary/aromatic N) is 2. The van der Waals surface area contributed by atoms with E-state index in [9.17, 15) is 13.2 Å². The molecule has 2 nitrogen and oxygen atoms in total. The molecule has 0 atom stereocenters. The molecule has 0 fully saturated rings. The Morgan fingerprint density at radius 1 is 0.909 bits per heavy atom. The maximum absolute atomic E-state index is 12.7. The van der Waals surface area contributed by atoms with Crippen molar-refractivity contribution >= 4 is 0 Å². The van der Waals surface area contributed by atoms with Crippen LogP contribution in [0.3, 0.4) is 0 Å². The van der Waals surface area contributed by atoms with Crippen molar-refractivity contribution in [3.63, 3.8) is 0 Å². The van der Waals surface area contributed by atoms with Crippen molar-refractivity contribution in [1.82, 2.24) is 9.78 Å². The Bertz CT molecular complexity index is 761. The molecule has 22 heavy (non-hydrogen) atoms. The van der Waals surface area contributed by atoms with Gasteiger partial charge in [-0.05, 0) is 23.8 Å². The van der Waals surface area contributed by atoms with E-state index in [1.54, 1.807) is 16.9 Å². The first kappa shape index (κ1) is 14.4. The quantitative estimate of drug-likeness (QED) is 0.690. The van der Waals surface area contributed by atoms with E-state index in [4.69, 9.17) is 0 Å². The Hall–Kier alpha value is -2.56. The fraction of sp³-hybridized carbons (Fsp3) is 0.118. The summed E-state index contributed by atoms with van der Waals surface area (Å²) in [6, 6.07) is 16.8. The first-order valence-electron chi connectivity index (χ1n) is 6.77. The van der Waals surface area contributed by atoms with Crippen molar-refractivity contribution in [3.8, 4) is 11.3 Å². The summed E-state index contributed by atoms with van der Waals surface area (Å²) in [6.45, 7) is 0.302. The van der Waals surface area contributed by atoms with Crippen molar-refractivity contribution in [2.45, 2.75) is 12.7 Å². The van der Waals surface area contributed by atoms with E-state index in [2.05, 4.69) is 5.10 Å². The topological polar surface area (TPSA) is 17.8 Å². The van der Waals surface area contributed by atoms with Gasteiger partial charge in [0.05, 0.1) is 17.8 Å². The van der Waals surface area contributed by atoms with E-state index in [0.29, 0.717) is 12.1 Å². The predicted octanol–water partition coefficient (Wildman–Crippen LogP) is 4.62. The molecule has 0 unspecified atom stereocenters. The van der Waals surface area contributed by atoms with Crippen molar-refractivity contribution in [2.75, 3.05) is 0 Å². The minimum Gasteiger partial charge on any atom is -0.268 e. The van der Waals surface area contributed by atoms with E-state index < -0.39 is 11.7 Å². The highest BCUT2D eigenvalue weighted by atomic mass is 19.4. The van der Waals surface area contributed by atoms with Gasteiger partial charge in [0.1, 0.15) is 0 Å². The molecule has 0 amide bonds. The van der Waals surface area contributed by atoms with Gasteiger partial charge in [0, 0.05) is 11.8 Å². The lowest BCUT2D eigenvalue weighted by Gasteiger charge is -2.08. The molecule has 0 N–H and O–H groups in total. The normalized spacial score (nSPS) is 11.6. The van der Waals surface area contributed by atoms with Crippen LogP contribution in [0.2, 0.25) is 0 Å². The highest BCUT2D eigenvalue weighted by molar-refractivity contribution is 5.58. The van der Waals surface area contributed by atoms with E-state index in [0.717, 1.165) is 23.4 Å². The second-order valence-corrected chi connectivity index (χ2v) is 4.96. The van der Waals surface area contributed by atoms with Crippen LogP contribution in [0.4, 0.5) is 13.2 Å². The minimum atomic E-state index is -4.32. The Balaban J connectivity index is 1.81. The average molecular weight is 302 g/mol. The van der Waals surface area contributed by atoms with Crippen molar-refractivity contribution in [1.29, 1.82) is 0 Å². The lowest BCUT2D eigenvalue weighted by Crippen LogP contribution is -2.07. The van der Waals surface area contributed by atoms with Gasteiger partial charge >= 0.3 is 6.18 Å². The smallest absolute Gasteiger partial charge is 0.268 e.